The Morgan fingerprint density at radius 2 is 2.07 bits per heavy atom. The fourth-order valence-corrected chi connectivity index (χ4v) is 1.24. The van der Waals surface area contributed by atoms with Crippen LogP contribution in [-0.4, -0.2) is 20.2 Å². The summed E-state index contributed by atoms with van der Waals surface area (Å²) in [6.45, 7) is 1.70. The molecule has 4 nitrogen and oxygen atoms in total. The van der Waals surface area contributed by atoms with Crippen LogP contribution < -0.4 is 4.74 Å². The summed E-state index contributed by atoms with van der Waals surface area (Å²) in [4.78, 5) is 11.4. The van der Waals surface area contributed by atoms with E-state index in [1.165, 1.54) is 14.2 Å². The molecule has 0 heterocycles. The van der Waals surface area contributed by atoms with Crippen LogP contribution in [0.5, 0.6) is 5.75 Å². The van der Waals surface area contributed by atoms with Crippen LogP contribution in [0.4, 0.5) is 0 Å². The standard InChI is InChI=1S/C11H11NO3/c1-7-8(6-12)4-9(14-2)5-10(7)11(13)15-3/h4-5H,1-3H3. The second-order valence-corrected chi connectivity index (χ2v) is 2.95. The monoisotopic (exact) mass is 205 g/mol. The molecule has 0 aromatic heterocycles. The number of benzene rings is 1. The lowest BCUT2D eigenvalue weighted by atomic mass is 10.0. The first-order chi connectivity index (χ1) is 7.13. The van der Waals surface area contributed by atoms with E-state index < -0.39 is 5.97 Å². The van der Waals surface area contributed by atoms with Crippen LogP contribution >= 0.6 is 0 Å². The topological polar surface area (TPSA) is 59.3 Å². The Balaban J connectivity index is 3.38. The maximum Gasteiger partial charge on any atom is 0.338 e. The maximum atomic E-state index is 11.4. The summed E-state index contributed by atoms with van der Waals surface area (Å²) in [5.74, 6) is 0.000417. The summed E-state index contributed by atoms with van der Waals surface area (Å²) >= 11 is 0. The number of carbonyl (C=O) groups excluding carboxylic acids is 1. The first-order valence-electron chi connectivity index (χ1n) is 4.31. The largest absolute Gasteiger partial charge is 0.497 e. The summed E-state index contributed by atoms with van der Waals surface area (Å²) in [5.41, 5.74) is 1.37. The molecule has 0 amide bonds. The molecule has 1 rings (SSSR count). The fourth-order valence-electron chi connectivity index (χ4n) is 1.24. The Hall–Kier alpha value is -2.02. The average molecular weight is 205 g/mol. The van der Waals surface area contributed by atoms with Crippen molar-refractivity contribution in [3.63, 3.8) is 0 Å². The number of ether oxygens (including phenoxy) is 2. The quantitative estimate of drug-likeness (QED) is 0.689. The van der Waals surface area contributed by atoms with Gasteiger partial charge >= 0.3 is 5.97 Å². The first-order valence-corrected chi connectivity index (χ1v) is 4.31. The molecule has 0 saturated carbocycles. The molecular formula is C11H11NO3. The third-order valence-electron chi connectivity index (χ3n) is 2.14. The van der Waals surface area contributed by atoms with Gasteiger partial charge in [0.15, 0.2) is 0 Å². The Kier molecular flexibility index (Phi) is 3.29. The molecule has 0 radical (unpaired) electrons. The maximum absolute atomic E-state index is 11.4. The van der Waals surface area contributed by atoms with Gasteiger partial charge in [-0.2, -0.15) is 5.26 Å². The molecule has 0 bridgehead atoms. The molecule has 0 fully saturated rings. The Morgan fingerprint density at radius 1 is 1.40 bits per heavy atom. The highest BCUT2D eigenvalue weighted by atomic mass is 16.5. The van der Waals surface area contributed by atoms with Crippen LogP contribution in [-0.2, 0) is 4.74 Å². The van der Waals surface area contributed by atoms with E-state index in [-0.39, 0.29) is 0 Å². The molecule has 0 unspecified atom stereocenters. The van der Waals surface area contributed by atoms with Crippen LogP contribution in [0.1, 0.15) is 21.5 Å². The van der Waals surface area contributed by atoms with Gasteiger partial charge in [-0.25, -0.2) is 4.79 Å². The van der Waals surface area contributed by atoms with Gasteiger partial charge in [0, 0.05) is 0 Å². The van der Waals surface area contributed by atoms with Crippen molar-refractivity contribution in [1.82, 2.24) is 0 Å². The van der Waals surface area contributed by atoms with Crippen molar-refractivity contribution in [3.8, 4) is 11.8 Å². The van der Waals surface area contributed by atoms with Crippen molar-refractivity contribution < 1.29 is 14.3 Å². The van der Waals surface area contributed by atoms with E-state index in [9.17, 15) is 4.79 Å². The first kappa shape index (κ1) is 11.1. The molecule has 1 aromatic rings. The van der Waals surface area contributed by atoms with Crippen LogP contribution in [0.3, 0.4) is 0 Å². The van der Waals surface area contributed by atoms with Crippen molar-refractivity contribution in [1.29, 1.82) is 5.26 Å². The number of rotatable bonds is 2. The van der Waals surface area contributed by atoms with E-state index in [0.29, 0.717) is 22.4 Å². The summed E-state index contributed by atoms with van der Waals surface area (Å²) in [7, 11) is 2.78. The zero-order valence-electron chi connectivity index (χ0n) is 8.83. The molecule has 0 aliphatic carbocycles. The molecule has 0 N–H and O–H groups in total. The molecule has 0 aliphatic heterocycles. The van der Waals surface area contributed by atoms with Crippen LogP contribution in [0.15, 0.2) is 12.1 Å². The molecule has 78 valence electrons. The van der Waals surface area contributed by atoms with E-state index in [0.717, 1.165) is 0 Å². The summed E-state index contributed by atoms with van der Waals surface area (Å²) < 4.78 is 9.60. The molecule has 0 aliphatic rings. The Bertz CT molecular complexity index is 432. The predicted molar refractivity (Wildman–Crippen MR) is 53.8 cm³/mol. The number of carbonyl (C=O) groups is 1. The van der Waals surface area contributed by atoms with E-state index in [1.807, 2.05) is 6.07 Å². The fraction of sp³-hybridized carbons (Fsp3) is 0.273. The molecular weight excluding hydrogens is 194 g/mol. The molecule has 0 saturated heterocycles. The minimum absolute atomic E-state index is 0.355. The number of nitriles is 1. The smallest absolute Gasteiger partial charge is 0.338 e. The van der Waals surface area contributed by atoms with E-state index >= 15 is 0 Å². The average Bonchev–Trinajstić information content (AvgIpc) is 2.28. The predicted octanol–water partition coefficient (Wildman–Crippen LogP) is 1.66. The zero-order valence-corrected chi connectivity index (χ0v) is 8.83. The minimum atomic E-state index is -0.470. The molecule has 4 heteroatoms. The normalized spacial score (nSPS) is 9.20. The van der Waals surface area contributed by atoms with Crippen LogP contribution in [0.25, 0.3) is 0 Å². The summed E-state index contributed by atoms with van der Waals surface area (Å²) in [5, 5.41) is 8.86. The van der Waals surface area contributed by atoms with Crippen molar-refractivity contribution in [2.75, 3.05) is 14.2 Å². The summed E-state index contributed by atoms with van der Waals surface area (Å²) in [6, 6.07) is 5.14. The van der Waals surface area contributed by atoms with E-state index in [1.54, 1.807) is 19.1 Å². The number of hydrogen-bond donors (Lipinski definition) is 0. The number of methoxy groups -OCH3 is 2. The zero-order chi connectivity index (χ0) is 11.4. The molecule has 0 spiro atoms. The van der Waals surface area contributed by atoms with Gasteiger partial charge in [0.2, 0.25) is 0 Å². The van der Waals surface area contributed by atoms with E-state index in [4.69, 9.17) is 10.00 Å². The third kappa shape index (κ3) is 2.08. The highest BCUT2D eigenvalue weighted by molar-refractivity contribution is 5.92. The second kappa shape index (κ2) is 4.47. The summed E-state index contributed by atoms with van der Waals surface area (Å²) in [6.07, 6.45) is 0. The van der Waals surface area contributed by atoms with Gasteiger partial charge in [-0.1, -0.05) is 0 Å². The van der Waals surface area contributed by atoms with Gasteiger partial charge in [0.05, 0.1) is 31.4 Å². The van der Waals surface area contributed by atoms with Crippen molar-refractivity contribution >= 4 is 5.97 Å². The van der Waals surface area contributed by atoms with Crippen LogP contribution in [0.2, 0.25) is 0 Å². The molecule has 1 aromatic carbocycles. The van der Waals surface area contributed by atoms with Gasteiger partial charge in [-0.15, -0.1) is 0 Å². The van der Waals surface area contributed by atoms with Crippen molar-refractivity contribution in [2.45, 2.75) is 6.92 Å². The molecule has 15 heavy (non-hydrogen) atoms. The SMILES string of the molecule is COC(=O)c1cc(OC)cc(C#N)c1C. The van der Waals surface area contributed by atoms with Crippen LogP contribution in [0, 0.1) is 18.3 Å². The highest BCUT2D eigenvalue weighted by Crippen LogP contribution is 2.22. The van der Waals surface area contributed by atoms with Crippen molar-refractivity contribution in [3.05, 3.63) is 28.8 Å². The Labute approximate surface area is 88.0 Å². The minimum Gasteiger partial charge on any atom is -0.497 e. The van der Waals surface area contributed by atoms with Gasteiger partial charge in [0.25, 0.3) is 0 Å². The highest BCUT2D eigenvalue weighted by Gasteiger charge is 2.14. The van der Waals surface area contributed by atoms with Gasteiger partial charge < -0.3 is 9.47 Å². The number of esters is 1. The number of nitrogens with zero attached hydrogens (tertiary/aromatic N) is 1. The Morgan fingerprint density at radius 3 is 2.53 bits per heavy atom. The third-order valence-corrected chi connectivity index (χ3v) is 2.14. The molecule has 0 atom stereocenters. The number of hydrogen-bond acceptors (Lipinski definition) is 4. The van der Waals surface area contributed by atoms with Gasteiger partial charge in [-0.3, -0.25) is 0 Å². The lowest BCUT2D eigenvalue weighted by Gasteiger charge is -2.08. The van der Waals surface area contributed by atoms with Gasteiger partial charge in [0.1, 0.15) is 5.75 Å². The van der Waals surface area contributed by atoms with E-state index in [2.05, 4.69) is 4.74 Å². The lowest BCUT2D eigenvalue weighted by Crippen LogP contribution is -2.05. The van der Waals surface area contributed by atoms with Crippen molar-refractivity contribution in [2.24, 2.45) is 0 Å². The lowest BCUT2D eigenvalue weighted by molar-refractivity contribution is 0.0599. The van der Waals surface area contributed by atoms with Gasteiger partial charge in [-0.05, 0) is 24.6 Å². The second-order valence-electron chi connectivity index (χ2n) is 2.95.